The Morgan fingerprint density at radius 1 is 1.19 bits per heavy atom. The second-order valence-electron chi connectivity index (χ2n) is 5.37. The number of nitrogens with one attached hydrogen (secondary N) is 2. The van der Waals surface area contributed by atoms with Crippen molar-refractivity contribution in [2.75, 3.05) is 31.5 Å². The number of benzene rings is 1. The van der Waals surface area contributed by atoms with Crippen LogP contribution in [0.1, 0.15) is 33.6 Å². The molecule has 21 heavy (non-hydrogen) atoms. The highest BCUT2D eigenvalue weighted by Gasteiger charge is 2.07. The minimum atomic E-state index is 0.0109. The molecule has 4 heteroatoms. The van der Waals surface area contributed by atoms with Crippen LogP contribution < -0.4 is 10.6 Å². The van der Waals surface area contributed by atoms with E-state index in [2.05, 4.69) is 36.3 Å². The van der Waals surface area contributed by atoms with Crippen LogP contribution in [0.25, 0.3) is 0 Å². The first kappa shape index (κ1) is 17.7. The van der Waals surface area contributed by atoms with Gasteiger partial charge in [-0.2, -0.15) is 0 Å². The van der Waals surface area contributed by atoms with Crippen molar-refractivity contribution in [3.05, 3.63) is 30.3 Å². The van der Waals surface area contributed by atoms with E-state index in [1.165, 1.54) is 0 Å². The number of carbonyl (C=O) groups excluding carboxylic acids is 1. The Labute approximate surface area is 128 Å². The molecule has 2 N–H and O–H groups in total. The summed E-state index contributed by atoms with van der Waals surface area (Å²) in [6, 6.07) is 9.92. The van der Waals surface area contributed by atoms with E-state index in [-0.39, 0.29) is 5.91 Å². The molecule has 0 aliphatic heterocycles. The van der Waals surface area contributed by atoms with Gasteiger partial charge >= 0.3 is 0 Å². The average molecular weight is 291 g/mol. The van der Waals surface area contributed by atoms with Gasteiger partial charge in [0.2, 0.25) is 5.91 Å². The summed E-state index contributed by atoms with van der Waals surface area (Å²) in [5, 5.41) is 6.16. The lowest BCUT2D eigenvalue weighted by Gasteiger charge is -2.19. The van der Waals surface area contributed by atoms with Gasteiger partial charge in [-0.1, -0.05) is 32.0 Å². The van der Waals surface area contributed by atoms with Crippen LogP contribution in [0.15, 0.2) is 30.3 Å². The normalized spacial score (nSPS) is 12.4. The fraction of sp³-hybridized carbons (Fsp3) is 0.588. The summed E-state index contributed by atoms with van der Waals surface area (Å²) in [7, 11) is 0. The second-order valence-corrected chi connectivity index (χ2v) is 5.37. The molecule has 0 bridgehead atoms. The fourth-order valence-electron chi connectivity index (χ4n) is 2.26. The van der Waals surface area contributed by atoms with Gasteiger partial charge in [0.1, 0.15) is 0 Å². The third kappa shape index (κ3) is 7.83. The highest BCUT2D eigenvalue weighted by Crippen LogP contribution is 2.04. The lowest BCUT2D eigenvalue weighted by atomic mass is 10.1. The van der Waals surface area contributed by atoms with Gasteiger partial charge in [-0.25, -0.2) is 0 Å². The van der Waals surface area contributed by atoms with Gasteiger partial charge in [-0.15, -0.1) is 0 Å². The molecule has 1 unspecified atom stereocenters. The van der Waals surface area contributed by atoms with Crippen LogP contribution >= 0.6 is 0 Å². The molecule has 1 amide bonds. The van der Waals surface area contributed by atoms with Crippen molar-refractivity contribution in [3.63, 3.8) is 0 Å². The number of rotatable bonds is 10. The van der Waals surface area contributed by atoms with Crippen LogP contribution in [0, 0.1) is 0 Å². The molecule has 0 aromatic heterocycles. The quantitative estimate of drug-likeness (QED) is 0.696. The zero-order valence-electron chi connectivity index (χ0n) is 13.6. The number of hydrogen-bond donors (Lipinski definition) is 2. The SMILES string of the molecule is CCN(CC)CCCC(C)NCC(=O)Nc1ccccc1. The Morgan fingerprint density at radius 3 is 2.48 bits per heavy atom. The molecule has 0 fully saturated rings. The van der Waals surface area contributed by atoms with E-state index in [1.807, 2.05) is 30.3 Å². The first-order chi connectivity index (χ1) is 10.2. The molecular formula is C17H29N3O. The minimum absolute atomic E-state index is 0.0109. The zero-order chi connectivity index (χ0) is 15.5. The van der Waals surface area contributed by atoms with Gasteiger partial charge in [0.15, 0.2) is 0 Å². The minimum Gasteiger partial charge on any atom is -0.325 e. The Balaban J connectivity index is 2.14. The summed E-state index contributed by atoms with van der Waals surface area (Å²) in [6.45, 7) is 10.2. The smallest absolute Gasteiger partial charge is 0.238 e. The van der Waals surface area contributed by atoms with Crippen LogP contribution in [0.3, 0.4) is 0 Å². The summed E-state index contributed by atoms with van der Waals surface area (Å²) in [4.78, 5) is 14.2. The van der Waals surface area contributed by atoms with Crippen LogP contribution in [0.2, 0.25) is 0 Å². The third-order valence-electron chi connectivity index (χ3n) is 3.67. The number of anilines is 1. The van der Waals surface area contributed by atoms with Crippen LogP contribution in [0.5, 0.6) is 0 Å². The topological polar surface area (TPSA) is 44.4 Å². The zero-order valence-corrected chi connectivity index (χ0v) is 13.6. The molecule has 0 saturated heterocycles. The van der Waals surface area contributed by atoms with Crippen LogP contribution in [0.4, 0.5) is 5.69 Å². The van der Waals surface area contributed by atoms with Gasteiger partial charge in [0.05, 0.1) is 6.54 Å². The predicted octanol–water partition coefficient (Wildman–Crippen LogP) is 2.73. The molecule has 1 atom stereocenters. The molecule has 1 rings (SSSR count). The van der Waals surface area contributed by atoms with Crippen molar-refractivity contribution in [2.24, 2.45) is 0 Å². The summed E-state index contributed by atoms with van der Waals surface area (Å²) in [5.74, 6) is 0.0109. The third-order valence-corrected chi connectivity index (χ3v) is 3.67. The van der Waals surface area contributed by atoms with E-state index in [0.717, 1.165) is 38.2 Å². The van der Waals surface area contributed by atoms with Crippen LogP contribution in [-0.4, -0.2) is 43.0 Å². The van der Waals surface area contributed by atoms with Crippen molar-refractivity contribution >= 4 is 11.6 Å². The average Bonchev–Trinajstić information content (AvgIpc) is 2.50. The van der Waals surface area contributed by atoms with Gasteiger partial charge in [0, 0.05) is 11.7 Å². The van der Waals surface area contributed by atoms with Crippen LogP contribution in [-0.2, 0) is 4.79 Å². The summed E-state index contributed by atoms with van der Waals surface area (Å²) < 4.78 is 0. The Kier molecular flexibility index (Phi) is 8.71. The molecule has 0 heterocycles. The van der Waals surface area contributed by atoms with Gasteiger partial charge in [-0.05, 0) is 51.5 Å². The van der Waals surface area contributed by atoms with Crippen molar-refractivity contribution < 1.29 is 4.79 Å². The monoisotopic (exact) mass is 291 g/mol. The maximum absolute atomic E-state index is 11.8. The number of hydrogen-bond acceptors (Lipinski definition) is 3. The summed E-state index contributed by atoms with van der Waals surface area (Å²) >= 11 is 0. The highest BCUT2D eigenvalue weighted by atomic mass is 16.1. The Bertz CT molecular complexity index is 390. The summed E-state index contributed by atoms with van der Waals surface area (Å²) in [5.41, 5.74) is 0.846. The van der Waals surface area contributed by atoms with E-state index in [9.17, 15) is 4.79 Å². The molecule has 1 aromatic carbocycles. The van der Waals surface area contributed by atoms with Gasteiger partial charge in [-0.3, -0.25) is 4.79 Å². The van der Waals surface area contributed by atoms with E-state index < -0.39 is 0 Å². The first-order valence-electron chi connectivity index (χ1n) is 7.96. The number of para-hydroxylation sites is 1. The number of carbonyl (C=O) groups is 1. The lowest BCUT2D eigenvalue weighted by molar-refractivity contribution is -0.115. The highest BCUT2D eigenvalue weighted by molar-refractivity contribution is 5.92. The first-order valence-corrected chi connectivity index (χ1v) is 7.96. The molecule has 0 saturated carbocycles. The molecule has 0 radical (unpaired) electrons. The molecule has 0 aliphatic rings. The van der Waals surface area contributed by atoms with Gasteiger partial charge in [0.25, 0.3) is 0 Å². The maximum atomic E-state index is 11.8. The van der Waals surface area contributed by atoms with Crippen molar-refractivity contribution in [3.8, 4) is 0 Å². The molecule has 0 aliphatic carbocycles. The molecular weight excluding hydrogens is 262 g/mol. The van der Waals surface area contributed by atoms with Crippen molar-refractivity contribution in [1.82, 2.24) is 10.2 Å². The van der Waals surface area contributed by atoms with E-state index >= 15 is 0 Å². The lowest BCUT2D eigenvalue weighted by Crippen LogP contribution is -2.35. The molecule has 0 spiro atoms. The van der Waals surface area contributed by atoms with Gasteiger partial charge < -0.3 is 15.5 Å². The van der Waals surface area contributed by atoms with E-state index in [1.54, 1.807) is 0 Å². The fourth-order valence-corrected chi connectivity index (χ4v) is 2.26. The van der Waals surface area contributed by atoms with Crippen molar-refractivity contribution in [1.29, 1.82) is 0 Å². The molecule has 118 valence electrons. The largest absolute Gasteiger partial charge is 0.325 e. The maximum Gasteiger partial charge on any atom is 0.238 e. The standard InChI is InChI=1S/C17H29N3O/c1-4-20(5-2)13-9-10-15(3)18-14-17(21)19-16-11-7-6-8-12-16/h6-8,11-12,15,18H,4-5,9-10,13-14H2,1-3H3,(H,19,21). The van der Waals surface area contributed by atoms with E-state index in [0.29, 0.717) is 12.6 Å². The second kappa shape index (κ2) is 10.4. The molecule has 4 nitrogen and oxygen atoms in total. The Hall–Kier alpha value is -1.39. The predicted molar refractivity (Wildman–Crippen MR) is 89.6 cm³/mol. The number of nitrogens with zero attached hydrogens (tertiary/aromatic N) is 1. The number of amides is 1. The molecule has 1 aromatic rings. The van der Waals surface area contributed by atoms with Crippen molar-refractivity contribution in [2.45, 2.75) is 39.7 Å². The van der Waals surface area contributed by atoms with E-state index in [4.69, 9.17) is 0 Å². The Morgan fingerprint density at radius 2 is 1.86 bits per heavy atom. The summed E-state index contributed by atoms with van der Waals surface area (Å²) in [6.07, 6.45) is 2.26.